The van der Waals surface area contributed by atoms with E-state index in [9.17, 15) is 5.11 Å². The maximum Gasteiger partial charge on any atom is 0.0880 e. The molecule has 3 unspecified atom stereocenters. The van der Waals surface area contributed by atoms with Gasteiger partial charge < -0.3 is 10.4 Å². The van der Waals surface area contributed by atoms with Gasteiger partial charge in [0.15, 0.2) is 0 Å². The van der Waals surface area contributed by atoms with Crippen LogP contribution >= 0.6 is 0 Å². The minimum absolute atomic E-state index is 0.161. The van der Waals surface area contributed by atoms with Crippen LogP contribution < -0.4 is 5.32 Å². The van der Waals surface area contributed by atoms with E-state index in [0.29, 0.717) is 5.92 Å². The summed E-state index contributed by atoms with van der Waals surface area (Å²) in [6.45, 7) is 6.85. The molecule has 2 heteroatoms. The van der Waals surface area contributed by atoms with Crippen LogP contribution in [-0.4, -0.2) is 16.7 Å². The van der Waals surface area contributed by atoms with Gasteiger partial charge in [-0.25, -0.2) is 0 Å². The van der Waals surface area contributed by atoms with Gasteiger partial charge in [0.2, 0.25) is 0 Å². The number of hydrogen-bond acceptors (Lipinski definition) is 2. The fourth-order valence-corrected chi connectivity index (χ4v) is 4.59. The van der Waals surface area contributed by atoms with Crippen LogP contribution in [0.2, 0.25) is 0 Å². The Labute approximate surface area is 129 Å². The average molecular weight is 287 g/mol. The summed E-state index contributed by atoms with van der Waals surface area (Å²) in [6.07, 6.45) is 6.62. The van der Waals surface area contributed by atoms with Gasteiger partial charge in [-0.2, -0.15) is 0 Å². The number of para-hydroxylation sites is 1. The smallest absolute Gasteiger partial charge is 0.0880 e. The van der Waals surface area contributed by atoms with Crippen molar-refractivity contribution in [1.82, 2.24) is 0 Å². The standard InChI is InChI=1S/C19H29NO/c1-18(2,3)16-10-6-7-13-19(16,21)17-12-11-14-8-4-5-9-15(14)20-17/h4-5,8-9,16-17,20-21H,6-7,10-13H2,1-3H3. The molecule has 1 heterocycles. The van der Waals surface area contributed by atoms with Crippen molar-refractivity contribution in [2.24, 2.45) is 11.3 Å². The lowest BCUT2D eigenvalue weighted by Crippen LogP contribution is -2.58. The zero-order valence-electron chi connectivity index (χ0n) is 13.7. The molecule has 116 valence electrons. The molecule has 0 spiro atoms. The topological polar surface area (TPSA) is 32.3 Å². The van der Waals surface area contributed by atoms with Crippen molar-refractivity contribution in [3.8, 4) is 0 Å². The van der Waals surface area contributed by atoms with Gasteiger partial charge in [-0.3, -0.25) is 0 Å². The van der Waals surface area contributed by atoms with Crippen molar-refractivity contribution < 1.29 is 5.11 Å². The van der Waals surface area contributed by atoms with Crippen LogP contribution in [-0.2, 0) is 6.42 Å². The number of aliphatic hydroxyl groups is 1. The van der Waals surface area contributed by atoms with E-state index >= 15 is 0 Å². The van der Waals surface area contributed by atoms with Gasteiger partial charge in [0.1, 0.15) is 0 Å². The van der Waals surface area contributed by atoms with Crippen molar-refractivity contribution in [3.05, 3.63) is 29.8 Å². The number of aryl methyl sites for hydroxylation is 1. The number of benzene rings is 1. The summed E-state index contributed by atoms with van der Waals surface area (Å²) in [6, 6.07) is 8.73. The summed E-state index contributed by atoms with van der Waals surface area (Å²) in [4.78, 5) is 0. The van der Waals surface area contributed by atoms with Gasteiger partial charge in [0, 0.05) is 5.69 Å². The van der Waals surface area contributed by atoms with Gasteiger partial charge in [-0.05, 0) is 48.6 Å². The molecular formula is C19H29NO. The van der Waals surface area contributed by atoms with Crippen LogP contribution in [0.25, 0.3) is 0 Å². The monoisotopic (exact) mass is 287 g/mol. The van der Waals surface area contributed by atoms with Gasteiger partial charge in [-0.1, -0.05) is 51.8 Å². The lowest BCUT2D eigenvalue weighted by atomic mass is 9.60. The molecule has 0 saturated heterocycles. The summed E-state index contributed by atoms with van der Waals surface area (Å²) in [7, 11) is 0. The Morgan fingerprint density at radius 1 is 1.14 bits per heavy atom. The largest absolute Gasteiger partial charge is 0.387 e. The number of fused-ring (bicyclic) bond motifs is 1. The number of hydrogen-bond donors (Lipinski definition) is 2. The molecule has 2 N–H and O–H groups in total. The maximum atomic E-state index is 11.6. The first-order valence-electron chi connectivity index (χ1n) is 8.48. The summed E-state index contributed by atoms with van der Waals surface area (Å²) < 4.78 is 0. The summed E-state index contributed by atoms with van der Waals surface area (Å²) >= 11 is 0. The van der Waals surface area contributed by atoms with Gasteiger partial charge in [-0.15, -0.1) is 0 Å². The Bertz CT molecular complexity index is 505. The molecule has 21 heavy (non-hydrogen) atoms. The molecule has 3 rings (SSSR count). The molecule has 2 aliphatic rings. The first-order chi connectivity index (χ1) is 9.91. The van der Waals surface area contributed by atoms with Crippen LogP contribution in [0.3, 0.4) is 0 Å². The lowest BCUT2D eigenvalue weighted by molar-refractivity contribution is -0.103. The van der Waals surface area contributed by atoms with Crippen LogP contribution in [0, 0.1) is 11.3 Å². The van der Waals surface area contributed by atoms with Crippen molar-refractivity contribution in [2.45, 2.75) is 70.9 Å². The maximum absolute atomic E-state index is 11.6. The van der Waals surface area contributed by atoms with Gasteiger partial charge in [0.05, 0.1) is 11.6 Å². The first-order valence-corrected chi connectivity index (χ1v) is 8.48. The third-order valence-corrected chi connectivity index (χ3v) is 5.62. The molecule has 0 amide bonds. The number of nitrogens with one attached hydrogen (secondary N) is 1. The van der Waals surface area contributed by atoms with E-state index in [4.69, 9.17) is 0 Å². The van der Waals surface area contributed by atoms with Crippen LogP contribution in [0.5, 0.6) is 0 Å². The highest BCUT2D eigenvalue weighted by molar-refractivity contribution is 5.54. The number of anilines is 1. The van der Waals surface area contributed by atoms with Gasteiger partial charge >= 0.3 is 0 Å². The fourth-order valence-electron chi connectivity index (χ4n) is 4.59. The molecule has 1 aromatic carbocycles. The van der Waals surface area contributed by atoms with E-state index in [1.54, 1.807) is 0 Å². The second-order valence-electron chi connectivity index (χ2n) is 8.05. The highest BCUT2D eigenvalue weighted by atomic mass is 16.3. The fraction of sp³-hybridized carbons (Fsp3) is 0.684. The van der Waals surface area contributed by atoms with Crippen LogP contribution in [0.15, 0.2) is 24.3 Å². The Kier molecular flexibility index (Phi) is 3.77. The Hall–Kier alpha value is -1.02. The molecule has 1 aliphatic carbocycles. The van der Waals surface area contributed by atoms with Crippen LogP contribution in [0.4, 0.5) is 5.69 Å². The molecular weight excluding hydrogens is 258 g/mol. The third kappa shape index (κ3) is 2.70. The first kappa shape index (κ1) is 14.9. The molecule has 0 radical (unpaired) electrons. The molecule has 1 aromatic rings. The van der Waals surface area contributed by atoms with E-state index in [1.165, 1.54) is 17.7 Å². The molecule has 0 aromatic heterocycles. The predicted octanol–water partition coefficient (Wildman–Crippen LogP) is 4.38. The average Bonchev–Trinajstić information content (AvgIpc) is 2.46. The highest BCUT2D eigenvalue weighted by Gasteiger charge is 2.50. The Morgan fingerprint density at radius 2 is 1.90 bits per heavy atom. The molecule has 3 atom stereocenters. The van der Waals surface area contributed by atoms with Crippen molar-refractivity contribution in [2.75, 3.05) is 5.32 Å². The third-order valence-electron chi connectivity index (χ3n) is 5.62. The summed E-state index contributed by atoms with van der Waals surface area (Å²) in [5.41, 5.74) is 2.21. The van der Waals surface area contributed by atoms with Crippen molar-refractivity contribution in [1.29, 1.82) is 0 Å². The highest BCUT2D eigenvalue weighted by Crippen LogP contribution is 2.48. The zero-order chi connectivity index (χ0) is 15.1. The zero-order valence-corrected chi connectivity index (χ0v) is 13.7. The van der Waals surface area contributed by atoms with E-state index in [2.05, 4.69) is 50.4 Å². The molecule has 0 bridgehead atoms. The predicted molar refractivity (Wildman–Crippen MR) is 88.5 cm³/mol. The Balaban J connectivity index is 1.88. The van der Waals surface area contributed by atoms with E-state index in [0.717, 1.165) is 32.1 Å². The summed E-state index contributed by atoms with van der Waals surface area (Å²) in [5, 5.41) is 15.2. The molecule has 2 nitrogen and oxygen atoms in total. The van der Waals surface area contributed by atoms with Gasteiger partial charge in [0.25, 0.3) is 0 Å². The quantitative estimate of drug-likeness (QED) is 0.803. The minimum atomic E-state index is -0.565. The second kappa shape index (κ2) is 5.31. The normalized spacial score (nSPS) is 33.1. The summed E-state index contributed by atoms with van der Waals surface area (Å²) in [5.74, 6) is 0.376. The van der Waals surface area contributed by atoms with E-state index < -0.39 is 5.60 Å². The van der Waals surface area contributed by atoms with Crippen molar-refractivity contribution >= 4 is 5.69 Å². The molecule has 1 fully saturated rings. The molecule has 1 aliphatic heterocycles. The molecule has 1 saturated carbocycles. The van der Waals surface area contributed by atoms with E-state index in [-0.39, 0.29) is 11.5 Å². The Morgan fingerprint density at radius 3 is 2.67 bits per heavy atom. The SMILES string of the molecule is CC(C)(C)C1CCCCC1(O)C1CCc2ccccc2N1. The lowest BCUT2D eigenvalue weighted by Gasteiger charge is -2.52. The second-order valence-corrected chi connectivity index (χ2v) is 8.05. The number of rotatable bonds is 1. The van der Waals surface area contributed by atoms with Crippen LogP contribution in [0.1, 0.15) is 58.4 Å². The minimum Gasteiger partial charge on any atom is -0.387 e. The van der Waals surface area contributed by atoms with E-state index in [1.807, 2.05) is 0 Å². The van der Waals surface area contributed by atoms with Crippen molar-refractivity contribution in [3.63, 3.8) is 0 Å².